The molecular formula is CH3ClN2O. The lowest BCUT2D eigenvalue weighted by Gasteiger charge is -1.14. The number of nitrogens with two attached hydrogens (primary N) is 1. The molecule has 0 aromatic heterocycles. The molecule has 5 heavy (non-hydrogen) atoms. The minimum Gasteiger partial charge on any atom is -0.247 e. The van der Waals surface area contributed by atoms with Gasteiger partial charge in [-0.1, -0.05) is 0 Å². The van der Waals surface area contributed by atoms with Gasteiger partial charge in [0.15, 0.2) is 0 Å². The largest absolute Gasteiger partial charge is 0.247 e. The lowest BCUT2D eigenvalue weighted by molar-refractivity contribution is 0.563. The highest BCUT2D eigenvalue weighted by atomic mass is 35.5. The van der Waals surface area contributed by atoms with Gasteiger partial charge in [0, 0.05) is 0 Å². The molecule has 0 rings (SSSR count). The van der Waals surface area contributed by atoms with Gasteiger partial charge in [-0.25, -0.2) is 15.5 Å². The first-order chi connectivity index (χ1) is 2.41. The number of hydrogen-bond donors (Lipinski definition) is 2. The SMILES string of the molecule is N=C=O.NCl. The van der Waals surface area contributed by atoms with Gasteiger partial charge in [-0.3, -0.25) is 0 Å². The van der Waals surface area contributed by atoms with Crippen molar-refractivity contribution in [3.05, 3.63) is 0 Å². The van der Waals surface area contributed by atoms with Gasteiger partial charge in [0.05, 0.1) is 0 Å². The van der Waals surface area contributed by atoms with Crippen molar-refractivity contribution in [2.24, 2.45) is 5.25 Å². The Hall–Kier alpha value is -0.370. The van der Waals surface area contributed by atoms with Gasteiger partial charge in [0.1, 0.15) is 0 Å². The molecule has 4 heteroatoms. The predicted octanol–water partition coefficient (Wildman–Crippen LogP) is -0.000130. The van der Waals surface area contributed by atoms with Crippen LogP contribution in [0, 0.1) is 5.41 Å². The number of halogens is 1. The van der Waals surface area contributed by atoms with E-state index >= 15 is 0 Å². The van der Waals surface area contributed by atoms with E-state index in [4.69, 9.17) is 10.2 Å². The van der Waals surface area contributed by atoms with E-state index in [1.807, 2.05) is 0 Å². The number of carbonyl (C=O) groups excluding carboxylic acids is 1. The summed E-state index contributed by atoms with van der Waals surface area (Å²) in [6.07, 6.45) is 0.750. The molecule has 0 bridgehead atoms. The average molecular weight is 94.5 g/mol. The summed E-state index contributed by atoms with van der Waals surface area (Å²) in [5.74, 6) is 0. The summed E-state index contributed by atoms with van der Waals surface area (Å²) in [4.78, 5) is 8.35. The van der Waals surface area contributed by atoms with Crippen LogP contribution in [-0.2, 0) is 4.79 Å². The number of nitrogens with one attached hydrogen (secondary N) is 1. The lowest BCUT2D eigenvalue weighted by atomic mass is 11.7. The van der Waals surface area contributed by atoms with Crippen molar-refractivity contribution in [1.82, 2.24) is 0 Å². The molecule has 3 N–H and O–H groups in total. The monoisotopic (exact) mass is 94.0 g/mol. The Morgan fingerprint density at radius 1 is 1.80 bits per heavy atom. The fraction of sp³-hybridized carbons (Fsp3) is 0. The maximum atomic E-state index is 8.35. The van der Waals surface area contributed by atoms with Crippen LogP contribution in [0.1, 0.15) is 0 Å². The molecule has 0 aliphatic carbocycles. The van der Waals surface area contributed by atoms with Crippen LogP contribution in [0.4, 0.5) is 0 Å². The zero-order valence-corrected chi connectivity index (χ0v) is 3.12. The average Bonchev–Trinajstić information content (AvgIpc) is 1.46. The molecule has 0 aliphatic rings. The third-order valence-electron chi connectivity index (χ3n) is 0. The Labute approximate surface area is 34.3 Å². The van der Waals surface area contributed by atoms with E-state index in [1.165, 1.54) is 0 Å². The van der Waals surface area contributed by atoms with Crippen molar-refractivity contribution >= 4 is 17.9 Å². The highest BCUT2D eigenvalue weighted by Gasteiger charge is 1.03. The summed E-state index contributed by atoms with van der Waals surface area (Å²) in [5.41, 5.74) is 0. The van der Waals surface area contributed by atoms with Crippen LogP contribution in [0.15, 0.2) is 0 Å². The van der Waals surface area contributed by atoms with Crippen LogP contribution in [0.2, 0.25) is 0 Å². The van der Waals surface area contributed by atoms with Gasteiger partial charge in [-0.2, -0.15) is 0 Å². The van der Waals surface area contributed by atoms with E-state index in [9.17, 15) is 0 Å². The Kier molecular flexibility index (Phi) is 112. The second kappa shape index (κ2) is 63.3. The Morgan fingerprint density at radius 2 is 1.80 bits per heavy atom. The fourth-order valence-electron chi connectivity index (χ4n) is 0. The first-order valence-electron chi connectivity index (χ1n) is 0.672. The van der Waals surface area contributed by atoms with E-state index in [-0.39, 0.29) is 0 Å². The highest BCUT2D eigenvalue weighted by molar-refractivity contribution is 6.11. The molecule has 0 radical (unpaired) electrons. The van der Waals surface area contributed by atoms with E-state index in [0.717, 1.165) is 6.08 Å². The molecule has 0 saturated heterocycles. The second-order valence-electron chi connectivity index (χ2n) is 0.102. The normalized spacial score (nSPS) is 2.80. The number of hydrogen-bond acceptors (Lipinski definition) is 3. The molecule has 0 unspecified atom stereocenters. The van der Waals surface area contributed by atoms with Crippen LogP contribution in [-0.4, -0.2) is 6.08 Å². The topological polar surface area (TPSA) is 66.9 Å². The summed E-state index contributed by atoms with van der Waals surface area (Å²) >= 11 is 4.14. The Balaban J connectivity index is 0. The summed E-state index contributed by atoms with van der Waals surface area (Å²) < 4.78 is 0. The van der Waals surface area contributed by atoms with Crippen molar-refractivity contribution in [2.45, 2.75) is 0 Å². The molecule has 0 aromatic rings. The first-order valence-corrected chi connectivity index (χ1v) is 1.11. The Morgan fingerprint density at radius 3 is 1.80 bits per heavy atom. The minimum atomic E-state index is 0.750. The van der Waals surface area contributed by atoms with Crippen molar-refractivity contribution < 1.29 is 4.79 Å². The van der Waals surface area contributed by atoms with Gasteiger partial charge < -0.3 is 0 Å². The molecule has 0 amide bonds. The quantitative estimate of drug-likeness (QED) is 0.252. The summed E-state index contributed by atoms with van der Waals surface area (Å²) in [7, 11) is 0. The lowest BCUT2D eigenvalue weighted by Crippen LogP contribution is -1.48. The second-order valence-corrected chi connectivity index (χ2v) is 0.102. The molecule has 0 spiro atoms. The molecule has 3 nitrogen and oxygen atoms in total. The zero-order chi connectivity index (χ0) is 4.71. The van der Waals surface area contributed by atoms with Gasteiger partial charge in [-0.05, 0) is 11.8 Å². The van der Waals surface area contributed by atoms with E-state index < -0.39 is 0 Å². The molecular weight excluding hydrogens is 91.5 g/mol. The maximum Gasteiger partial charge on any atom is 0.231 e. The fourth-order valence-corrected chi connectivity index (χ4v) is 0. The van der Waals surface area contributed by atoms with Gasteiger partial charge >= 0.3 is 0 Å². The van der Waals surface area contributed by atoms with Crippen molar-refractivity contribution in [3.8, 4) is 0 Å². The molecule has 0 aromatic carbocycles. The Bertz CT molecular complexity index is 30.6. The number of rotatable bonds is 0. The molecule has 0 heterocycles. The van der Waals surface area contributed by atoms with E-state index in [0.29, 0.717) is 0 Å². The first kappa shape index (κ1) is 8.82. The predicted molar refractivity (Wildman–Crippen MR) is 18.5 cm³/mol. The third kappa shape index (κ3) is 70.4. The molecule has 0 saturated carbocycles. The molecule has 0 fully saturated rings. The van der Waals surface area contributed by atoms with Gasteiger partial charge in [0.2, 0.25) is 6.08 Å². The van der Waals surface area contributed by atoms with E-state index in [2.05, 4.69) is 17.0 Å². The van der Waals surface area contributed by atoms with Crippen LogP contribution in [0.3, 0.4) is 0 Å². The zero-order valence-electron chi connectivity index (χ0n) is 2.36. The van der Waals surface area contributed by atoms with Crippen LogP contribution >= 0.6 is 11.8 Å². The van der Waals surface area contributed by atoms with Crippen LogP contribution in [0.5, 0.6) is 0 Å². The van der Waals surface area contributed by atoms with Crippen LogP contribution in [0.25, 0.3) is 0 Å². The molecule has 0 aliphatic heterocycles. The highest BCUT2D eigenvalue weighted by Crippen LogP contribution is 1.15. The van der Waals surface area contributed by atoms with Crippen molar-refractivity contribution in [3.63, 3.8) is 0 Å². The third-order valence-corrected chi connectivity index (χ3v) is 0. The minimum absolute atomic E-state index is 0.750. The summed E-state index contributed by atoms with van der Waals surface area (Å²) in [6.45, 7) is 0. The molecule has 30 valence electrons. The van der Waals surface area contributed by atoms with Crippen molar-refractivity contribution in [1.29, 1.82) is 5.41 Å². The maximum absolute atomic E-state index is 8.35. The number of isocyanates is 1. The molecule has 0 atom stereocenters. The van der Waals surface area contributed by atoms with Crippen molar-refractivity contribution in [2.75, 3.05) is 0 Å². The van der Waals surface area contributed by atoms with E-state index in [1.54, 1.807) is 0 Å². The smallest absolute Gasteiger partial charge is 0.231 e. The summed E-state index contributed by atoms with van der Waals surface area (Å²) in [5, 5.41) is 9.38. The standard InChI is InChI=1S/CHNO.ClH2N/c2-1-3;1-2/h2H;2H2. The summed E-state index contributed by atoms with van der Waals surface area (Å²) in [6, 6.07) is 0. The van der Waals surface area contributed by atoms with Crippen LogP contribution < -0.4 is 5.25 Å². The van der Waals surface area contributed by atoms with Gasteiger partial charge in [0.25, 0.3) is 0 Å². The van der Waals surface area contributed by atoms with Gasteiger partial charge in [-0.15, -0.1) is 0 Å².